The van der Waals surface area contributed by atoms with Crippen LogP contribution >= 0.6 is 0 Å². The minimum absolute atomic E-state index is 0.0488. The normalized spacial score (nSPS) is 11.6. The van der Waals surface area contributed by atoms with Gasteiger partial charge in [-0.2, -0.15) is 13.2 Å². The summed E-state index contributed by atoms with van der Waals surface area (Å²) in [6.07, 6.45) is -4.93. The molecule has 0 aromatic heterocycles. The SMILES string of the molecule is Cc1cc(N(C)CCC(F)(F)F)ccc1N. The minimum atomic E-state index is -4.11. The topological polar surface area (TPSA) is 29.3 Å². The van der Waals surface area contributed by atoms with E-state index in [9.17, 15) is 13.2 Å². The fraction of sp³-hybridized carbons (Fsp3) is 0.455. The molecule has 0 atom stereocenters. The number of aryl methyl sites for hydroxylation is 1. The lowest BCUT2D eigenvalue weighted by atomic mass is 10.1. The van der Waals surface area contributed by atoms with Crippen LogP contribution in [0.5, 0.6) is 0 Å². The van der Waals surface area contributed by atoms with E-state index in [4.69, 9.17) is 5.73 Å². The van der Waals surface area contributed by atoms with Crippen LogP contribution in [0.3, 0.4) is 0 Å². The van der Waals surface area contributed by atoms with E-state index >= 15 is 0 Å². The zero-order valence-corrected chi connectivity index (χ0v) is 9.30. The Kier molecular flexibility index (Phi) is 3.67. The molecule has 0 fully saturated rings. The van der Waals surface area contributed by atoms with Gasteiger partial charge in [0.2, 0.25) is 0 Å². The zero-order valence-electron chi connectivity index (χ0n) is 9.30. The second-order valence-corrected chi connectivity index (χ2v) is 3.83. The van der Waals surface area contributed by atoms with E-state index in [2.05, 4.69) is 0 Å². The number of nitrogens with two attached hydrogens (primary N) is 1. The molecular weight excluding hydrogens is 217 g/mol. The quantitative estimate of drug-likeness (QED) is 0.812. The summed E-state index contributed by atoms with van der Waals surface area (Å²) in [5, 5.41) is 0. The van der Waals surface area contributed by atoms with Gasteiger partial charge in [-0.1, -0.05) is 0 Å². The van der Waals surface area contributed by atoms with E-state index in [1.165, 1.54) is 0 Å². The molecule has 0 amide bonds. The number of alkyl halides is 3. The van der Waals surface area contributed by atoms with Crippen molar-refractivity contribution in [3.05, 3.63) is 23.8 Å². The number of benzene rings is 1. The molecular formula is C11H15F3N2. The van der Waals surface area contributed by atoms with E-state index in [1.54, 1.807) is 30.1 Å². The van der Waals surface area contributed by atoms with Crippen LogP contribution in [0.15, 0.2) is 18.2 Å². The van der Waals surface area contributed by atoms with Crippen LogP contribution in [0.25, 0.3) is 0 Å². The number of hydrogen-bond acceptors (Lipinski definition) is 2. The molecule has 1 aromatic carbocycles. The van der Waals surface area contributed by atoms with Gasteiger partial charge in [-0.3, -0.25) is 0 Å². The number of nitrogens with zero attached hydrogens (tertiary/aromatic N) is 1. The molecule has 0 aliphatic carbocycles. The highest BCUT2D eigenvalue weighted by Crippen LogP contribution is 2.23. The number of hydrogen-bond donors (Lipinski definition) is 1. The van der Waals surface area contributed by atoms with Gasteiger partial charge in [-0.05, 0) is 30.7 Å². The van der Waals surface area contributed by atoms with Crippen molar-refractivity contribution in [2.24, 2.45) is 0 Å². The van der Waals surface area contributed by atoms with Crippen LogP contribution in [-0.2, 0) is 0 Å². The summed E-state index contributed by atoms with van der Waals surface area (Å²) in [5.41, 5.74) is 7.90. The van der Waals surface area contributed by atoms with Gasteiger partial charge in [-0.25, -0.2) is 0 Å². The third kappa shape index (κ3) is 3.64. The molecule has 0 heterocycles. The van der Waals surface area contributed by atoms with E-state index < -0.39 is 12.6 Å². The van der Waals surface area contributed by atoms with Crippen LogP contribution in [-0.4, -0.2) is 19.8 Å². The van der Waals surface area contributed by atoms with Gasteiger partial charge < -0.3 is 10.6 Å². The van der Waals surface area contributed by atoms with Gasteiger partial charge in [0.25, 0.3) is 0 Å². The Morgan fingerprint density at radius 2 is 1.94 bits per heavy atom. The summed E-state index contributed by atoms with van der Waals surface area (Å²) in [4.78, 5) is 1.57. The molecule has 1 rings (SSSR count). The molecule has 2 N–H and O–H groups in total. The average molecular weight is 232 g/mol. The third-order valence-corrected chi connectivity index (χ3v) is 2.42. The Bertz CT molecular complexity index is 361. The predicted molar refractivity (Wildman–Crippen MR) is 59.5 cm³/mol. The maximum atomic E-state index is 12.0. The van der Waals surface area contributed by atoms with Crippen molar-refractivity contribution in [3.63, 3.8) is 0 Å². The highest BCUT2D eigenvalue weighted by atomic mass is 19.4. The first kappa shape index (κ1) is 12.7. The van der Waals surface area contributed by atoms with Gasteiger partial charge in [0, 0.05) is 25.0 Å². The highest BCUT2D eigenvalue weighted by Gasteiger charge is 2.27. The van der Waals surface area contributed by atoms with Gasteiger partial charge in [0.1, 0.15) is 0 Å². The van der Waals surface area contributed by atoms with Crippen LogP contribution in [0.1, 0.15) is 12.0 Å². The fourth-order valence-electron chi connectivity index (χ4n) is 1.32. The monoisotopic (exact) mass is 232 g/mol. The Balaban J connectivity index is 2.66. The second-order valence-electron chi connectivity index (χ2n) is 3.83. The Hall–Kier alpha value is -1.39. The average Bonchev–Trinajstić information content (AvgIpc) is 2.17. The van der Waals surface area contributed by atoms with Crippen molar-refractivity contribution < 1.29 is 13.2 Å². The molecule has 0 saturated carbocycles. The summed E-state index contributed by atoms with van der Waals surface area (Å²) in [7, 11) is 1.64. The maximum Gasteiger partial charge on any atom is 0.390 e. The lowest BCUT2D eigenvalue weighted by Crippen LogP contribution is -2.24. The summed E-state index contributed by atoms with van der Waals surface area (Å²) in [6, 6.07) is 5.21. The first-order valence-electron chi connectivity index (χ1n) is 4.93. The molecule has 0 unspecified atom stereocenters. The van der Waals surface area contributed by atoms with E-state index in [0.29, 0.717) is 5.69 Å². The van der Waals surface area contributed by atoms with Crippen LogP contribution in [0.4, 0.5) is 24.5 Å². The van der Waals surface area contributed by atoms with Crippen LogP contribution < -0.4 is 10.6 Å². The van der Waals surface area contributed by atoms with Crippen LogP contribution in [0, 0.1) is 6.92 Å². The molecule has 0 saturated heterocycles. The van der Waals surface area contributed by atoms with Crippen molar-refractivity contribution in [3.8, 4) is 0 Å². The molecule has 0 aliphatic heterocycles. The van der Waals surface area contributed by atoms with Gasteiger partial charge in [-0.15, -0.1) is 0 Å². The molecule has 1 aromatic rings. The molecule has 0 radical (unpaired) electrons. The molecule has 0 spiro atoms. The number of halogens is 3. The predicted octanol–water partition coefficient (Wildman–Crippen LogP) is 2.97. The molecule has 0 aliphatic rings. The van der Waals surface area contributed by atoms with Gasteiger partial charge >= 0.3 is 6.18 Å². The molecule has 2 nitrogen and oxygen atoms in total. The zero-order chi connectivity index (χ0) is 12.3. The number of nitrogen functional groups attached to an aromatic ring is 1. The first-order chi connectivity index (χ1) is 7.29. The number of anilines is 2. The molecule has 16 heavy (non-hydrogen) atoms. The van der Waals surface area contributed by atoms with E-state index in [0.717, 1.165) is 11.3 Å². The lowest BCUT2D eigenvalue weighted by Gasteiger charge is -2.20. The largest absolute Gasteiger partial charge is 0.399 e. The van der Waals surface area contributed by atoms with Gasteiger partial charge in [0.15, 0.2) is 0 Å². The second kappa shape index (κ2) is 4.63. The van der Waals surface area contributed by atoms with Gasteiger partial charge in [0.05, 0.1) is 6.42 Å². The number of rotatable bonds is 3. The minimum Gasteiger partial charge on any atom is -0.399 e. The van der Waals surface area contributed by atoms with E-state index in [-0.39, 0.29) is 6.54 Å². The summed E-state index contributed by atoms with van der Waals surface area (Å²) >= 11 is 0. The third-order valence-electron chi connectivity index (χ3n) is 2.42. The Morgan fingerprint density at radius 1 is 1.31 bits per heavy atom. The lowest BCUT2D eigenvalue weighted by molar-refractivity contribution is -0.132. The Labute approximate surface area is 92.9 Å². The molecule has 90 valence electrons. The van der Waals surface area contributed by atoms with Crippen molar-refractivity contribution in [1.82, 2.24) is 0 Å². The highest BCUT2D eigenvalue weighted by molar-refractivity contribution is 5.57. The standard InChI is InChI=1S/C11H15F3N2/c1-8-7-9(3-4-10(8)15)16(2)6-5-11(12,13)14/h3-4,7H,5-6,15H2,1-2H3. The fourth-order valence-corrected chi connectivity index (χ4v) is 1.32. The summed E-state index contributed by atoms with van der Waals surface area (Å²) in [5.74, 6) is 0. The molecule has 5 heteroatoms. The van der Waals surface area contributed by atoms with Crippen molar-refractivity contribution in [2.45, 2.75) is 19.5 Å². The Morgan fingerprint density at radius 3 is 2.44 bits per heavy atom. The van der Waals surface area contributed by atoms with Crippen LogP contribution in [0.2, 0.25) is 0 Å². The van der Waals surface area contributed by atoms with E-state index in [1.807, 2.05) is 6.92 Å². The summed E-state index contributed by atoms with van der Waals surface area (Å²) in [6.45, 7) is 1.78. The van der Waals surface area contributed by atoms with Crippen molar-refractivity contribution >= 4 is 11.4 Å². The maximum absolute atomic E-state index is 12.0. The molecule has 0 bridgehead atoms. The smallest absolute Gasteiger partial charge is 0.390 e. The first-order valence-corrected chi connectivity index (χ1v) is 4.93. The summed E-state index contributed by atoms with van der Waals surface area (Å²) < 4.78 is 36.1. The van der Waals surface area contributed by atoms with Crippen molar-refractivity contribution in [1.29, 1.82) is 0 Å². The van der Waals surface area contributed by atoms with Crippen molar-refractivity contribution in [2.75, 3.05) is 24.2 Å².